The number of benzene rings is 1. The van der Waals surface area contributed by atoms with Crippen molar-refractivity contribution in [3.05, 3.63) is 35.4 Å². The van der Waals surface area contributed by atoms with Gasteiger partial charge in [0, 0.05) is 12.5 Å². The van der Waals surface area contributed by atoms with Crippen LogP contribution < -0.4 is 11.1 Å². The van der Waals surface area contributed by atoms with Gasteiger partial charge in [0.25, 0.3) is 0 Å². The van der Waals surface area contributed by atoms with Gasteiger partial charge in [0.2, 0.25) is 5.91 Å². The topological polar surface area (TPSA) is 55.1 Å². The molecule has 3 N–H and O–H groups in total. The predicted molar refractivity (Wildman–Crippen MR) is 80.3 cm³/mol. The van der Waals surface area contributed by atoms with Crippen molar-refractivity contribution < 1.29 is 4.79 Å². The molecule has 1 aromatic carbocycles. The first-order chi connectivity index (χ1) is 9.72. The molecule has 108 valence electrons. The van der Waals surface area contributed by atoms with Crippen molar-refractivity contribution in [2.24, 2.45) is 23.5 Å². The van der Waals surface area contributed by atoms with Crippen LogP contribution in [0, 0.1) is 17.8 Å². The molecule has 20 heavy (non-hydrogen) atoms. The molecule has 2 aliphatic rings. The Labute approximate surface area is 120 Å². The molecule has 3 heteroatoms. The Morgan fingerprint density at radius 1 is 1.45 bits per heavy atom. The summed E-state index contributed by atoms with van der Waals surface area (Å²) >= 11 is 0. The van der Waals surface area contributed by atoms with Crippen LogP contribution in [0.3, 0.4) is 0 Å². The summed E-state index contributed by atoms with van der Waals surface area (Å²) in [5.74, 6) is 1.99. The maximum absolute atomic E-state index is 12.3. The van der Waals surface area contributed by atoms with Crippen molar-refractivity contribution in [2.45, 2.75) is 32.1 Å². The molecule has 0 aromatic heterocycles. The maximum atomic E-state index is 12.3. The summed E-state index contributed by atoms with van der Waals surface area (Å²) in [5.41, 5.74) is 8.40. The maximum Gasteiger partial charge on any atom is 0.224 e. The van der Waals surface area contributed by atoms with E-state index in [2.05, 4.69) is 36.5 Å². The van der Waals surface area contributed by atoms with E-state index in [1.807, 2.05) is 0 Å². The summed E-state index contributed by atoms with van der Waals surface area (Å²) in [4.78, 5) is 12.3. The van der Waals surface area contributed by atoms with Gasteiger partial charge in [-0.15, -0.1) is 0 Å². The van der Waals surface area contributed by atoms with Crippen LogP contribution in [-0.2, 0) is 11.2 Å². The van der Waals surface area contributed by atoms with Gasteiger partial charge >= 0.3 is 0 Å². The van der Waals surface area contributed by atoms with Crippen molar-refractivity contribution in [3.63, 3.8) is 0 Å². The Balaban J connectivity index is 1.60. The van der Waals surface area contributed by atoms with Gasteiger partial charge in [0.15, 0.2) is 0 Å². The summed E-state index contributed by atoms with van der Waals surface area (Å²) < 4.78 is 0. The van der Waals surface area contributed by atoms with Gasteiger partial charge in [0.05, 0.1) is 0 Å². The Morgan fingerprint density at radius 3 is 3.05 bits per heavy atom. The van der Waals surface area contributed by atoms with E-state index >= 15 is 0 Å². The molecular formula is C17H24N2O. The first-order valence-corrected chi connectivity index (χ1v) is 7.78. The number of nitrogens with one attached hydrogen (secondary N) is 1. The van der Waals surface area contributed by atoms with Crippen molar-refractivity contribution >= 4 is 5.91 Å². The highest BCUT2D eigenvalue weighted by Crippen LogP contribution is 2.59. The molecule has 0 saturated heterocycles. The van der Waals surface area contributed by atoms with E-state index < -0.39 is 0 Å². The van der Waals surface area contributed by atoms with Crippen molar-refractivity contribution in [1.82, 2.24) is 5.32 Å². The number of fused-ring (bicyclic) bond motifs is 3. The summed E-state index contributed by atoms with van der Waals surface area (Å²) in [6.07, 6.45) is 3.27. The molecule has 1 saturated carbocycles. The standard InChI is InChI=1S/C17H24N2O/c1-11(8-9-18)10-19-17(20)16-14-7-6-12-4-2-3-5-13(12)15(14)16/h2-5,11,14-16H,6-10,18H2,1H3,(H,19,20). The van der Waals surface area contributed by atoms with Crippen LogP contribution in [0.25, 0.3) is 0 Å². The lowest BCUT2D eigenvalue weighted by Gasteiger charge is -2.13. The summed E-state index contributed by atoms with van der Waals surface area (Å²) in [7, 11) is 0. The number of rotatable bonds is 5. The first kappa shape index (κ1) is 13.6. The van der Waals surface area contributed by atoms with Crippen LogP contribution >= 0.6 is 0 Å². The molecule has 0 spiro atoms. The van der Waals surface area contributed by atoms with E-state index in [4.69, 9.17) is 5.73 Å². The van der Waals surface area contributed by atoms with Crippen LogP contribution in [-0.4, -0.2) is 19.0 Å². The average molecular weight is 272 g/mol. The third-order valence-electron chi connectivity index (χ3n) is 4.92. The molecular weight excluding hydrogens is 248 g/mol. The van der Waals surface area contributed by atoms with E-state index in [9.17, 15) is 4.79 Å². The summed E-state index contributed by atoms with van der Waals surface area (Å²) in [5, 5.41) is 3.12. The minimum Gasteiger partial charge on any atom is -0.356 e. The molecule has 3 nitrogen and oxygen atoms in total. The number of carbonyl (C=O) groups is 1. The van der Waals surface area contributed by atoms with E-state index in [1.54, 1.807) is 0 Å². The van der Waals surface area contributed by atoms with Crippen LogP contribution in [0.15, 0.2) is 24.3 Å². The van der Waals surface area contributed by atoms with E-state index in [-0.39, 0.29) is 11.8 Å². The summed E-state index contributed by atoms with van der Waals surface area (Å²) in [6, 6.07) is 8.61. The molecule has 0 radical (unpaired) electrons. The normalized spacial score (nSPS) is 28.2. The van der Waals surface area contributed by atoms with Crippen molar-refractivity contribution in [2.75, 3.05) is 13.1 Å². The van der Waals surface area contributed by atoms with Gasteiger partial charge in [-0.05, 0) is 54.7 Å². The highest BCUT2D eigenvalue weighted by molar-refractivity contribution is 5.84. The third-order valence-corrected chi connectivity index (χ3v) is 4.92. The fraction of sp³-hybridized carbons (Fsp3) is 0.588. The molecule has 1 amide bonds. The lowest BCUT2D eigenvalue weighted by atomic mass is 9.92. The third kappa shape index (κ3) is 2.47. The van der Waals surface area contributed by atoms with Crippen LogP contribution in [0.2, 0.25) is 0 Å². The Kier molecular flexibility index (Phi) is 3.79. The molecule has 4 unspecified atom stereocenters. The zero-order valence-corrected chi connectivity index (χ0v) is 12.1. The monoisotopic (exact) mass is 272 g/mol. The molecule has 0 bridgehead atoms. The first-order valence-electron chi connectivity index (χ1n) is 7.78. The zero-order chi connectivity index (χ0) is 14.1. The second-order valence-electron chi connectivity index (χ2n) is 6.38. The summed E-state index contributed by atoms with van der Waals surface area (Å²) in [6.45, 7) is 3.59. The zero-order valence-electron chi connectivity index (χ0n) is 12.1. The Morgan fingerprint density at radius 2 is 2.25 bits per heavy atom. The second kappa shape index (κ2) is 5.57. The largest absolute Gasteiger partial charge is 0.356 e. The minimum atomic E-state index is 0.212. The number of aryl methyl sites for hydroxylation is 1. The van der Waals surface area contributed by atoms with Crippen LogP contribution in [0.4, 0.5) is 0 Å². The molecule has 3 rings (SSSR count). The van der Waals surface area contributed by atoms with Crippen LogP contribution in [0.1, 0.15) is 36.8 Å². The lowest BCUT2D eigenvalue weighted by Crippen LogP contribution is -2.31. The van der Waals surface area contributed by atoms with Gasteiger partial charge in [0.1, 0.15) is 0 Å². The molecule has 1 aromatic rings. The van der Waals surface area contributed by atoms with Gasteiger partial charge in [-0.3, -0.25) is 4.79 Å². The van der Waals surface area contributed by atoms with E-state index in [0.717, 1.165) is 25.8 Å². The van der Waals surface area contributed by atoms with E-state index in [1.165, 1.54) is 11.1 Å². The average Bonchev–Trinajstić information content (AvgIpc) is 3.20. The van der Waals surface area contributed by atoms with E-state index in [0.29, 0.717) is 24.3 Å². The fourth-order valence-corrected chi connectivity index (χ4v) is 3.70. The van der Waals surface area contributed by atoms with Crippen molar-refractivity contribution in [3.8, 4) is 0 Å². The lowest BCUT2D eigenvalue weighted by molar-refractivity contribution is -0.122. The van der Waals surface area contributed by atoms with Crippen molar-refractivity contribution in [1.29, 1.82) is 0 Å². The smallest absolute Gasteiger partial charge is 0.224 e. The van der Waals surface area contributed by atoms with Gasteiger partial charge in [-0.25, -0.2) is 0 Å². The van der Waals surface area contributed by atoms with Gasteiger partial charge in [-0.1, -0.05) is 31.2 Å². The highest BCUT2D eigenvalue weighted by atomic mass is 16.2. The molecule has 4 atom stereocenters. The SMILES string of the molecule is CC(CCN)CNC(=O)C1C2CCc3ccccc3C21. The minimum absolute atomic E-state index is 0.212. The number of hydrogen-bond acceptors (Lipinski definition) is 2. The number of nitrogens with two attached hydrogens (primary N) is 1. The number of amides is 1. The fourth-order valence-electron chi connectivity index (χ4n) is 3.70. The molecule has 0 aliphatic heterocycles. The number of hydrogen-bond donors (Lipinski definition) is 2. The van der Waals surface area contributed by atoms with Gasteiger partial charge in [-0.2, -0.15) is 0 Å². The molecule has 1 fully saturated rings. The molecule has 0 heterocycles. The quantitative estimate of drug-likeness (QED) is 0.862. The van der Waals surface area contributed by atoms with Crippen LogP contribution in [0.5, 0.6) is 0 Å². The second-order valence-corrected chi connectivity index (χ2v) is 6.38. The highest BCUT2D eigenvalue weighted by Gasteiger charge is 2.56. The predicted octanol–water partition coefficient (Wildman–Crippen LogP) is 2.06. The number of carbonyl (C=O) groups excluding carboxylic acids is 1. The van der Waals surface area contributed by atoms with Gasteiger partial charge < -0.3 is 11.1 Å². The Hall–Kier alpha value is -1.35. The molecule has 2 aliphatic carbocycles. The Bertz CT molecular complexity index is 500.